The molecule has 2 rings (SSSR count). The van der Waals surface area contributed by atoms with E-state index in [0.717, 1.165) is 11.3 Å². The number of aryl methyl sites for hydroxylation is 2. The number of halogens is 1. The average Bonchev–Trinajstić information content (AvgIpc) is 2.29. The topological polar surface area (TPSA) is 50.9 Å². The summed E-state index contributed by atoms with van der Waals surface area (Å²) in [6.07, 6.45) is 0. The molecule has 0 aliphatic rings. The molecule has 0 amide bonds. The van der Waals surface area contributed by atoms with Crippen LogP contribution in [0.5, 0.6) is 0 Å². The molecule has 1 heterocycles. The van der Waals surface area contributed by atoms with Crippen molar-refractivity contribution in [2.45, 2.75) is 13.8 Å². The van der Waals surface area contributed by atoms with Crippen molar-refractivity contribution in [1.29, 1.82) is 0 Å². The van der Waals surface area contributed by atoms with E-state index in [1.54, 1.807) is 18.2 Å². The number of nitrogens with one attached hydrogen (secondary N) is 1. The first kappa shape index (κ1) is 11.4. The summed E-state index contributed by atoms with van der Waals surface area (Å²) < 4.78 is 13.1. The maximum absolute atomic E-state index is 13.1. The summed E-state index contributed by atoms with van der Waals surface area (Å²) in [4.78, 5) is 4.28. The Kier molecular flexibility index (Phi) is 2.95. The number of nitrogens with two attached hydrogens (primary N) is 1. The fourth-order valence-electron chi connectivity index (χ4n) is 1.51. The molecular formula is C13H14FN3. The number of rotatable bonds is 2. The van der Waals surface area contributed by atoms with Gasteiger partial charge in [0.2, 0.25) is 0 Å². The summed E-state index contributed by atoms with van der Waals surface area (Å²) in [6.45, 7) is 3.74. The van der Waals surface area contributed by atoms with Crippen LogP contribution in [0.1, 0.15) is 11.3 Å². The number of nitrogen functional groups attached to an aromatic ring is 1. The van der Waals surface area contributed by atoms with Crippen molar-refractivity contribution < 1.29 is 4.39 Å². The Bertz CT molecular complexity index is 552. The highest BCUT2D eigenvalue weighted by molar-refractivity contribution is 5.62. The van der Waals surface area contributed by atoms with Gasteiger partial charge in [-0.05, 0) is 43.7 Å². The molecule has 0 radical (unpaired) electrons. The third-order valence-electron chi connectivity index (χ3n) is 2.59. The number of aromatic nitrogens is 1. The fourth-order valence-corrected chi connectivity index (χ4v) is 1.51. The third-order valence-corrected chi connectivity index (χ3v) is 2.59. The van der Waals surface area contributed by atoms with Gasteiger partial charge in [0.25, 0.3) is 0 Å². The molecule has 1 aromatic heterocycles. The van der Waals surface area contributed by atoms with Gasteiger partial charge in [0, 0.05) is 5.69 Å². The van der Waals surface area contributed by atoms with Crippen LogP contribution < -0.4 is 11.1 Å². The second-order valence-electron chi connectivity index (χ2n) is 3.96. The highest BCUT2D eigenvalue weighted by Crippen LogP contribution is 2.21. The van der Waals surface area contributed by atoms with Gasteiger partial charge in [-0.15, -0.1) is 0 Å². The lowest BCUT2D eigenvalue weighted by Crippen LogP contribution is -1.99. The number of benzene rings is 1. The van der Waals surface area contributed by atoms with Crippen molar-refractivity contribution in [3.63, 3.8) is 0 Å². The summed E-state index contributed by atoms with van der Waals surface area (Å²) >= 11 is 0. The van der Waals surface area contributed by atoms with Gasteiger partial charge in [0.15, 0.2) is 0 Å². The summed E-state index contributed by atoms with van der Waals surface area (Å²) in [6, 6.07) is 8.15. The largest absolute Gasteiger partial charge is 0.397 e. The minimum atomic E-state index is -0.273. The van der Waals surface area contributed by atoms with Crippen molar-refractivity contribution in [1.82, 2.24) is 4.98 Å². The summed E-state index contributed by atoms with van der Waals surface area (Å²) in [7, 11) is 0. The lowest BCUT2D eigenvalue weighted by molar-refractivity contribution is 0.628. The smallest absolute Gasteiger partial charge is 0.130 e. The second-order valence-corrected chi connectivity index (χ2v) is 3.96. The molecule has 0 atom stereocenters. The first-order valence-electron chi connectivity index (χ1n) is 5.32. The summed E-state index contributed by atoms with van der Waals surface area (Å²) in [5.74, 6) is 0.385. The maximum atomic E-state index is 13.1. The molecule has 4 heteroatoms. The van der Waals surface area contributed by atoms with Crippen LogP contribution in [-0.2, 0) is 0 Å². The SMILES string of the molecule is Cc1ccc(F)cc1Nc1ccc(N)c(C)n1. The molecule has 0 saturated heterocycles. The van der Waals surface area contributed by atoms with Crippen LogP contribution in [0.2, 0.25) is 0 Å². The molecule has 0 bridgehead atoms. The molecule has 88 valence electrons. The predicted octanol–water partition coefficient (Wildman–Crippen LogP) is 3.16. The van der Waals surface area contributed by atoms with Crippen LogP contribution in [-0.4, -0.2) is 4.98 Å². The Labute approximate surface area is 99.5 Å². The van der Waals surface area contributed by atoms with Crippen molar-refractivity contribution in [3.05, 3.63) is 47.4 Å². The first-order chi connectivity index (χ1) is 8.06. The van der Waals surface area contributed by atoms with E-state index >= 15 is 0 Å². The Hall–Kier alpha value is -2.10. The zero-order chi connectivity index (χ0) is 12.4. The van der Waals surface area contributed by atoms with Crippen LogP contribution in [0.4, 0.5) is 21.6 Å². The Morgan fingerprint density at radius 2 is 1.94 bits per heavy atom. The van der Waals surface area contributed by atoms with Crippen LogP contribution in [0, 0.1) is 19.7 Å². The highest BCUT2D eigenvalue weighted by atomic mass is 19.1. The second kappa shape index (κ2) is 4.41. The van der Waals surface area contributed by atoms with Gasteiger partial charge in [-0.2, -0.15) is 0 Å². The lowest BCUT2D eigenvalue weighted by Gasteiger charge is -2.10. The van der Waals surface area contributed by atoms with Crippen molar-refractivity contribution in [2.24, 2.45) is 0 Å². The summed E-state index contributed by atoms with van der Waals surface area (Å²) in [5, 5.41) is 3.07. The van der Waals surface area contributed by atoms with Gasteiger partial charge in [-0.3, -0.25) is 0 Å². The van der Waals surface area contributed by atoms with Crippen molar-refractivity contribution >= 4 is 17.2 Å². The zero-order valence-electron chi connectivity index (χ0n) is 9.79. The molecule has 17 heavy (non-hydrogen) atoms. The first-order valence-corrected chi connectivity index (χ1v) is 5.32. The number of hydrogen-bond donors (Lipinski definition) is 2. The maximum Gasteiger partial charge on any atom is 0.130 e. The number of pyridine rings is 1. The summed E-state index contributed by atoms with van der Waals surface area (Å²) in [5.41, 5.74) is 8.76. The molecule has 0 aliphatic carbocycles. The lowest BCUT2D eigenvalue weighted by atomic mass is 10.2. The molecule has 0 saturated carbocycles. The number of hydrogen-bond acceptors (Lipinski definition) is 3. The van der Waals surface area contributed by atoms with E-state index in [4.69, 9.17) is 5.73 Å². The minimum Gasteiger partial charge on any atom is -0.397 e. The zero-order valence-corrected chi connectivity index (χ0v) is 9.79. The average molecular weight is 231 g/mol. The number of anilines is 3. The van der Waals surface area contributed by atoms with Gasteiger partial charge in [-0.1, -0.05) is 6.07 Å². The minimum absolute atomic E-state index is 0.273. The Morgan fingerprint density at radius 1 is 1.18 bits per heavy atom. The molecule has 2 aromatic rings. The Morgan fingerprint density at radius 3 is 2.65 bits per heavy atom. The van der Waals surface area contributed by atoms with E-state index in [-0.39, 0.29) is 5.82 Å². The van der Waals surface area contributed by atoms with Gasteiger partial charge >= 0.3 is 0 Å². The van der Waals surface area contributed by atoms with Crippen LogP contribution in [0.25, 0.3) is 0 Å². The fraction of sp³-hybridized carbons (Fsp3) is 0.154. The normalized spacial score (nSPS) is 10.3. The molecule has 0 unspecified atom stereocenters. The van der Waals surface area contributed by atoms with Crippen molar-refractivity contribution in [2.75, 3.05) is 11.1 Å². The van der Waals surface area contributed by atoms with E-state index in [1.807, 2.05) is 13.8 Å². The molecule has 0 spiro atoms. The van der Waals surface area contributed by atoms with E-state index in [2.05, 4.69) is 10.3 Å². The predicted molar refractivity (Wildman–Crippen MR) is 67.8 cm³/mol. The van der Waals surface area contributed by atoms with E-state index in [1.165, 1.54) is 12.1 Å². The molecule has 3 N–H and O–H groups in total. The van der Waals surface area contributed by atoms with Gasteiger partial charge < -0.3 is 11.1 Å². The molecule has 0 aliphatic heterocycles. The van der Waals surface area contributed by atoms with Crippen LogP contribution in [0.15, 0.2) is 30.3 Å². The molecule has 0 fully saturated rings. The van der Waals surface area contributed by atoms with Crippen LogP contribution in [0.3, 0.4) is 0 Å². The van der Waals surface area contributed by atoms with Gasteiger partial charge in [-0.25, -0.2) is 9.37 Å². The molecule has 1 aromatic carbocycles. The highest BCUT2D eigenvalue weighted by Gasteiger charge is 2.03. The number of nitrogens with zero attached hydrogens (tertiary/aromatic N) is 1. The van der Waals surface area contributed by atoms with E-state index in [0.29, 0.717) is 17.2 Å². The monoisotopic (exact) mass is 231 g/mol. The standard InChI is InChI=1S/C13H14FN3/c1-8-3-4-10(14)7-12(8)17-13-6-5-11(15)9(2)16-13/h3-7H,15H2,1-2H3,(H,16,17). The van der Waals surface area contributed by atoms with Gasteiger partial charge in [0.05, 0.1) is 11.4 Å². The molecule has 3 nitrogen and oxygen atoms in total. The van der Waals surface area contributed by atoms with Crippen LogP contribution >= 0.6 is 0 Å². The van der Waals surface area contributed by atoms with Gasteiger partial charge in [0.1, 0.15) is 11.6 Å². The Balaban J connectivity index is 2.31. The third kappa shape index (κ3) is 2.53. The van der Waals surface area contributed by atoms with Crippen molar-refractivity contribution in [3.8, 4) is 0 Å². The quantitative estimate of drug-likeness (QED) is 0.834. The molecular weight excluding hydrogens is 217 g/mol. The van der Waals surface area contributed by atoms with E-state index in [9.17, 15) is 4.39 Å². The van der Waals surface area contributed by atoms with E-state index < -0.39 is 0 Å².